The number of carbonyl (C=O) groups excluding carboxylic acids is 2. The van der Waals surface area contributed by atoms with Gasteiger partial charge in [0.05, 0.1) is 25.0 Å². The van der Waals surface area contributed by atoms with Crippen LogP contribution in [-0.2, 0) is 0 Å². The average molecular weight is 552 g/mol. The van der Waals surface area contributed by atoms with Crippen LogP contribution >= 0.6 is 0 Å². The average Bonchev–Trinajstić information content (AvgIpc) is 3.38. The Morgan fingerprint density at radius 3 is 2.12 bits per heavy atom. The molecule has 2 heterocycles. The zero-order valence-corrected chi connectivity index (χ0v) is 24.0. The van der Waals surface area contributed by atoms with Crippen LogP contribution in [0.1, 0.15) is 46.2 Å². The van der Waals surface area contributed by atoms with Gasteiger partial charge in [-0.05, 0) is 67.9 Å². The van der Waals surface area contributed by atoms with Crippen LogP contribution < -0.4 is 9.47 Å². The van der Waals surface area contributed by atoms with Crippen molar-refractivity contribution in [2.75, 3.05) is 39.9 Å². The lowest BCUT2D eigenvalue weighted by atomic mass is 10.1. The van der Waals surface area contributed by atoms with Gasteiger partial charge in [-0.1, -0.05) is 43.7 Å². The maximum Gasteiger partial charge on any atom is 0.255 e. The highest BCUT2D eigenvalue weighted by Crippen LogP contribution is 2.32. The summed E-state index contributed by atoms with van der Waals surface area (Å²) in [6.45, 7) is 6.72. The van der Waals surface area contributed by atoms with E-state index in [-0.39, 0.29) is 11.8 Å². The van der Waals surface area contributed by atoms with Crippen molar-refractivity contribution in [2.45, 2.75) is 26.7 Å². The summed E-state index contributed by atoms with van der Waals surface area (Å²) in [7, 11) is 1.65. The molecule has 0 N–H and O–H groups in total. The normalized spacial score (nSPS) is 13.2. The Hall–Kier alpha value is -4.52. The second kappa shape index (κ2) is 12.8. The molecule has 1 aliphatic heterocycles. The molecule has 5 rings (SSSR count). The van der Waals surface area contributed by atoms with Crippen LogP contribution in [-0.4, -0.2) is 66.1 Å². The Balaban J connectivity index is 1.32. The van der Waals surface area contributed by atoms with Crippen LogP contribution in [0, 0.1) is 6.92 Å². The van der Waals surface area contributed by atoms with Crippen molar-refractivity contribution in [3.63, 3.8) is 0 Å². The molecule has 3 aromatic carbocycles. The molecule has 4 aromatic rings. The van der Waals surface area contributed by atoms with E-state index >= 15 is 0 Å². The Morgan fingerprint density at radius 1 is 0.780 bits per heavy atom. The van der Waals surface area contributed by atoms with Gasteiger partial charge in [0.2, 0.25) is 0 Å². The molecule has 41 heavy (non-hydrogen) atoms. The second-order valence-electron chi connectivity index (χ2n) is 10.2. The summed E-state index contributed by atoms with van der Waals surface area (Å²) in [5.74, 6) is 1.48. The minimum atomic E-state index is -0.0259. The topological polar surface area (TPSA) is 64.0 Å². The molecule has 7 heteroatoms. The monoisotopic (exact) mass is 551 g/mol. The summed E-state index contributed by atoms with van der Waals surface area (Å²) in [5, 5.41) is 0. The van der Waals surface area contributed by atoms with Gasteiger partial charge >= 0.3 is 0 Å². The molecule has 0 spiro atoms. The molecule has 0 saturated carbocycles. The van der Waals surface area contributed by atoms with Crippen LogP contribution in [0.5, 0.6) is 11.5 Å². The Labute approximate surface area is 241 Å². The number of unbranched alkanes of at least 4 members (excludes halogenated alkanes) is 1. The molecule has 7 nitrogen and oxygen atoms in total. The van der Waals surface area contributed by atoms with Gasteiger partial charge in [-0.15, -0.1) is 0 Å². The lowest BCUT2D eigenvalue weighted by molar-refractivity contribution is 0.0535. The summed E-state index contributed by atoms with van der Waals surface area (Å²) < 4.78 is 13.3. The lowest BCUT2D eigenvalue weighted by Crippen LogP contribution is -2.50. The summed E-state index contributed by atoms with van der Waals surface area (Å²) in [6.07, 6.45) is 2.08. The van der Waals surface area contributed by atoms with Crippen LogP contribution in [0.4, 0.5) is 0 Å². The summed E-state index contributed by atoms with van der Waals surface area (Å²) in [6, 6.07) is 27.2. The highest BCUT2D eigenvalue weighted by molar-refractivity contribution is 5.98. The van der Waals surface area contributed by atoms with E-state index in [4.69, 9.17) is 9.47 Å². The number of aromatic nitrogens is 1. The molecule has 1 aliphatic rings. The number of methoxy groups -OCH3 is 1. The number of ether oxygens (including phenoxy) is 2. The molecule has 0 aliphatic carbocycles. The maximum atomic E-state index is 13.8. The Kier molecular flexibility index (Phi) is 8.73. The van der Waals surface area contributed by atoms with E-state index in [0.29, 0.717) is 43.9 Å². The zero-order chi connectivity index (χ0) is 28.8. The summed E-state index contributed by atoms with van der Waals surface area (Å²) in [5.41, 5.74) is 5.04. The van der Waals surface area contributed by atoms with Gasteiger partial charge in [0, 0.05) is 48.7 Å². The molecule has 0 unspecified atom stereocenters. The van der Waals surface area contributed by atoms with Crippen molar-refractivity contribution in [3.8, 4) is 28.4 Å². The minimum absolute atomic E-state index is 0.0241. The highest BCUT2D eigenvalue weighted by atomic mass is 16.5. The van der Waals surface area contributed by atoms with Crippen LogP contribution in [0.3, 0.4) is 0 Å². The van der Waals surface area contributed by atoms with Gasteiger partial charge in [-0.3, -0.25) is 9.59 Å². The fourth-order valence-electron chi connectivity index (χ4n) is 5.22. The van der Waals surface area contributed by atoms with Gasteiger partial charge < -0.3 is 23.8 Å². The summed E-state index contributed by atoms with van der Waals surface area (Å²) >= 11 is 0. The van der Waals surface area contributed by atoms with Gasteiger partial charge in [0.1, 0.15) is 11.5 Å². The molecule has 0 atom stereocenters. The fourth-order valence-corrected chi connectivity index (χ4v) is 5.22. The third-order valence-electron chi connectivity index (χ3n) is 7.58. The molecule has 1 aromatic heterocycles. The molecular weight excluding hydrogens is 514 g/mol. The van der Waals surface area contributed by atoms with Crippen molar-refractivity contribution >= 4 is 11.8 Å². The first-order chi connectivity index (χ1) is 20.0. The Morgan fingerprint density at radius 2 is 1.46 bits per heavy atom. The van der Waals surface area contributed by atoms with Gasteiger partial charge in [0.15, 0.2) is 0 Å². The number of hydrogen-bond acceptors (Lipinski definition) is 4. The third kappa shape index (κ3) is 6.14. The van der Waals surface area contributed by atoms with Crippen molar-refractivity contribution in [1.82, 2.24) is 14.4 Å². The predicted octanol–water partition coefficient (Wildman–Crippen LogP) is 6.24. The van der Waals surface area contributed by atoms with Gasteiger partial charge in [-0.2, -0.15) is 0 Å². The third-order valence-corrected chi connectivity index (χ3v) is 7.58. The lowest BCUT2D eigenvalue weighted by Gasteiger charge is -2.35. The number of benzene rings is 3. The number of piperazine rings is 1. The first-order valence-electron chi connectivity index (χ1n) is 14.2. The summed E-state index contributed by atoms with van der Waals surface area (Å²) in [4.78, 5) is 30.7. The van der Waals surface area contributed by atoms with E-state index in [2.05, 4.69) is 11.5 Å². The first-order valence-corrected chi connectivity index (χ1v) is 14.2. The number of nitrogens with zero attached hydrogens (tertiary/aromatic N) is 3. The molecule has 1 saturated heterocycles. The van der Waals surface area contributed by atoms with Crippen LogP contribution in [0.15, 0.2) is 84.9 Å². The largest absolute Gasteiger partial charge is 0.497 e. The minimum Gasteiger partial charge on any atom is -0.497 e. The molecule has 0 bridgehead atoms. The van der Waals surface area contributed by atoms with Crippen molar-refractivity contribution in [3.05, 3.63) is 102 Å². The standard InChI is InChI=1S/C34H37N3O4/c1-4-5-22-41-29-16-14-26(15-17-29)33(38)35-18-20-36(21-19-35)34(39)31-24-32(27-10-9-13-30(23-27)40-3)37(25(31)2)28-11-7-6-8-12-28/h6-17,23-24H,4-5,18-22H2,1-3H3. The number of carbonyl (C=O) groups is 2. The number of hydrogen-bond donors (Lipinski definition) is 0. The predicted molar refractivity (Wildman–Crippen MR) is 161 cm³/mol. The van der Waals surface area contributed by atoms with E-state index in [1.165, 1.54) is 0 Å². The Bertz CT molecular complexity index is 1490. The van der Waals surface area contributed by atoms with E-state index in [0.717, 1.165) is 47.0 Å². The molecule has 2 amide bonds. The second-order valence-corrected chi connectivity index (χ2v) is 10.2. The SMILES string of the molecule is CCCCOc1ccc(C(=O)N2CCN(C(=O)c3cc(-c4cccc(OC)c4)n(-c4ccccc4)c3C)CC2)cc1. The number of amides is 2. The fraction of sp³-hybridized carbons (Fsp3) is 0.294. The van der Waals surface area contributed by atoms with E-state index in [1.807, 2.05) is 102 Å². The number of para-hydroxylation sites is 1. The van der Waals surface area contributed by atoms with E-state index in [9.17, 15) is 9.59 Å². The van der Waals surface area contributed by atoms with E-state index < -0.39 is 0 Å². The van der Waals surface area contributed by atoms with Gasteiger partial charge in [0.25, 0.3) is 11.8 Å². The molecule has 1 fully saturated rings. The van der Waals surface area contributed by atoms with Gasteiger partial charge in [-0.25, -0.2) is 0 Å². The van der Waals surface area contributed by atoms with Crippen LogP contribution in [0.2, 0.25) is 0 Å². The molecular formula is C34H37N3O4. The van der Waals surface area contributed by atoms with Crippen molar-refractivity contribution in [1.29, 1.82) is 0 Å². The highest BCUT2D eigenvalue weighted by Gasteiger charge is 2.28. The first kappa shape index (κ1) is 28.0. The zero-order valence-electron chi connectivity index (χ0n) is 24.0. The molecule has 0 radical (unpaired) electrons. The number of rotatable bonds is 9. The smallest absolute Gasteiger partial charge is 0.255 e. The van der Waals surface area contributed by atoms with Crippen molar-refractivity contribution in [2.24, 2.45) is 0 Å². The maximum absolute atomic E-state index is 13.8. The quantitative estimate of drug-likeness (QED) is 0.231. The van der Waals surface area contributed by atoms with Crippen molar-refractivity contribution < 1.29 is 19.1 Å². The van der Waals surface area contributed by atoms with Crippen LogP contribution in [0.25, 0.3) is 16.9 Å². The van der Waals surface area contributed by atoms with E-state index in [1.54, 1.807) is 7.11 Å². The molecule has 212 valence electrons.